The highest BCUT2D eigenvalue weighted by Crippen LogP contribution is 2.43. The molecule has 1 aliphatic rings. The van der Waals surface area contributed by atoms with Crippen molar-refractivity contribution in [3.8, 4) is 5.69 Å². The number of methoxy groups -OCH3 is 1. The van der Waals surface area contributed by atoms with Crippen LogP contribution in [0.1, 0.15) is 49.6 Å². The molecule has 140 valence electrons. The minimum Gasteiger partial charge on any atom is -0.453 e. The highest BCUT2D eigenvalue weighted by molar-refractivity contribution is 5.68. The average molecular weight is 357 g/mol. The van der Waals surface area contributed by atoms with Crippen molar-refractivity contribution in [2.75, 3.05) is 14.2 Å². The first kappa shape index (κ1) is 18.4. The Hall–Kier alpha value is -2.44. The number of amides is 1. The van der Waals surface area contributed by atoms with Crippen LogP contribution in [-0.2, 0) is 10.3 Å². The fourth-order valence-electron chi connectivity index (χ4n) is 3.94. The van der Waals surface area contributed by atoms with Gasteiger partial charge in [-0.15, -0.1) is 5.10 Å². The summed E-state index contributed by atoms with van der Waals surface area (Å²) in [5.41, 5.74) is 2.65. The van der Waals surface area contributed by atoms with Crippen LogP contribution in [0, 0.1) is 19.8 Å². The smallest absolute Gasteiger partial charge is 0.410 e. The van der Waals surface area contributed by atoms with E-state index in [2.05, 4.69) is 35.4 Å². The van der Waals surface area contributed by atoms with Gasteiger partial charge in [0.05, 0.1) is 12.8 Å². The summed E-state index contributed by atoms with van der Waals surface area (Å²) < 4.78 is 6.79. The van der Waals surface area contributed by atoms with Gasteiger partial charge in [-0.3, -0.25) is 4.90 Å². The topological polar surface area (TPSA) is 73.1 Å². The lowest BCUT2D eigenvalue weighted by molar-refractivity contribution is 0.0383. The Morgan fingerprint density at radius 1 is 1.31 bits per heavy atom. The highest BCUT2D eigenvalue weighted by atomic mass is 16.5. The third-order valence-electron chi connectivity index (χ3n) is 5.66. The summed E-state index contributed by atoms with van der Waals surface area (Å²) in [6.07, 6.45) is 3.29. The van der Waals surface area contributed by atoms with Crippen LogP contribution in [0.5, 0.6) is 0 Å². The van der Waals surface area contributed by atoms with Crippen LogP contribution in [0.2, 0.25) is 0 Å². The number of ether oxygens (including phenoxy) is 1. The van der Waals surface area contributed by atoms with Crippen molar-refractivity contribution in [2.24, 2.45) is 5.92 Å². The van der Waals surface area contributed by atoms with Gasteiger partial charge in [0.25, 0.3) is 0 Å². The van der Waals surface area contributed by atoms with E-state index in [1.54, 1.807) is 16.6 Å². The van der Waals surface area contributed by atoms with Crippen LogP contribution in [0.3, 0.4) is 0 Å². The van der Waals surface area contributed by atoms with E-state index in [4.69, 9.17) is 4.74 Å². The Bertz CT molecular complexity index is 793. The lowest BCUT2D eigenvalue weighted by Gasteiger charge is -2.43. The summed E-state index contributed by atoms with van der Waals surface area (Å²) in [4.78, 5) is 14.0. The zero-order valence-electron chi connectivity index (χ0n) is 16.2. The van der Waals surface area contributed by atoms with Crippen molar-refractivity contribution in [1.82, 2.24) is 25.1 Å². The number of carbonyl (C=O) groups is 1. The Morgan fingerprint density at radius 2 is 2.00 bits per heavy atom. The molecule has 1 aliphatic carbocycles. The largest absolute Gasteiger partial charge is 0.453 e. The van der Waals surface area contributed by atoms with E-state index in [1.165, 1.54) is 12.7 Å². The van der Waals surface area contributed by atoms with Gasteiger partial charge >= 0.3 is 6.09 Å². The van der Waals surface area contributed by atoms with Crippen molar-refractivity contribution in [2.45, 2.75) is 52.0 Å². The molecule has 7 nitrogen and oxygen atoms in total. The SMILES string of the molecule is COC(=O)N(C)C1(c2nnnn2-c2ccc(C)cc2C)CCC(C)CC1. The van der Waals surface area contributed by atoms with Gasteiger partial charge in [-0.1, -0.05) is 24.6 Å². The second kappa shape index (κ2) is 7.05. The number of hydrogen-bond donors (Lipinski definition) is 0. The number of benzene rings is 1. The quantitative estimate of drug-likeness (QED) is 0.842. The molecule has 2 aromatic rings. The van der Waals surface area contributed by atoms with E-state index < -0.39 is 5.54 Å². The van der Waals surface area contributed by atoms with Crippen molar-refractivity contribution < 1.29 is 9.53 Å². The normalized spacial score (nSPS) is 22.9. The molecule has 0 spiro atoms. The van der Waals surface area contributed by atoms with E-state index in [1.807, 2.05) is 19.1 Å². The van der Waals surface area contributed by atoms with Gasteiger partial charge in [0.2, 0.25) is 0 Å². The third kappa shape index (κ3) is 3.06. The molecule has 1 aromatic heterocycles. The van der Waals surface area contributed by atoms with Crippen LogP contribution < -0.4 is 0 Å². The minimum absolute atomic E-state index is 0.366. The molecule has 0 saturated heterocycles. The molecule has 7 heteroatoms. The number of rotatable bonds is 3. The Kier molecular flexibility index (Phi) is 4.98. The Morgan fingerprint density at radius 3 is 2.62 bits per heavy atom. The Balaban J connectivity index is 2.12. The van der Waals surface area contributed by atoms with Crippen LogP contribution >= 0.6 is 0 Å². The molecular weight excluding hydrogens is 330 g/mol. The predicted octanol–water partition coefficient (Wildman–Crippen LogP) is 3.38. The lowest BCUT2D eigenvalue weighted by Crippen LogP contribution is -2.50. The number of nitrogens with zero attached hydrogens (tertiary/aromatic N) is 5. The molecule has 1 amide bonds. The summed E-state index contributed by atoms with van der Waals surface area (Å²) in [6.45, 7) is 6.36. The second-order valence-corrected chi connectivity index (χ2v) is 7.45. The monoisotopic (exact) mass is 357 g/mol. The number of carbonyl (C=O) groups excluding carboxylic acids is 1. The fourth-order valence-corrected chi connectivity index (χ4v) is 3.94. The first-order valence-corrected chi connectivity index (χ1v) is 9.07. The van der Waals surface area contributed by atoms with Gasteiger partial charge in [0, 0.05) is 7.05 Å². The molecule has 0 bridgehead atoms. The number of hydrogen-bond acceptors (Lipinski definition) is 5. The molecule has 1 heterocycles. The molecule has 26 heavy (non-hydrogen) atoms. The molecule has 0 unspecified atom stereocenters. The minimum atomic E-state index is -0.569. The first-order chi connectivity index (χ1) is 12.4. The second-order valence-electron chi connectivity index (χ2n) is 7.45. The van der Waals surface area contributed by atoms with Crippen LogP contribution in [0.25, 0.3) is 5.69 Å². The molecule has 0 radical (unpaired) electrons. The molecule has 1 aromatic carbocycles. The molecule has 1 saturated carbocycles. The van der Waals surface area contributed by atoms with Gasteiger partial charge in [0.1, 0.15) is 5.54 Å². The van der Waals surface area contributed by atoms with Crippen molar-refractivity contribution in [1.29, 1.82) is 0 Å². The number of tetrazole rings is 1. The van der Waals surface area contributed by atoms with E-state index in [0.29, 0.717) is 11.7 Å². The zero-order valence-corrected chi connectivity index (χ0v) is 16.2. The van der Waals surface area contributed by atoms with E-state index in [-0.39, 0.29) is 6.09 Å². The molecule has 3 rings (SSSR count). The van der Waals surface area contributed by atoms with Crippen LogP contribution in [0.15, 0.2) is 18.2 Å². The zero-order chi connectivity index (χ0) is 18.9. The van der Waals surface area contributed by atoms with Gasteiger partial charge in [0.15, 0.2) is 5.82 Å². The maximum absolute atomic E-state index is 12.4. The summed E-state index contributed by atoms with van der Waals surface area (Å²) in [6, 6.07) is 6.19. The summed E-state index contributed by atoms with van der Waals surface area (Å²) in [5, 5.41) is 12.6. The number of aryl methyl sites for hydroxylation is 2. The van der Waals surface area contributed by atoms with Gasteiger partial charge in [-0.2, -0.15) is 4.68 Å². The molecule has 0 N–H and O–H groups in total. The predicted molar refractivity (Wildman–Crippen MR) is 98.1 cm³/mol. The van der Waals surface area contributed by atoms with Gasteiger partial charge < -0.3 is 4.74 Å². The first-order valence-electron chi connectivity index (χ1n) is 9.07. The van der Waals surface area contributed by atoms with Crippen molar-refractivity contribution in [3.05, 3.63) is 35.2 Å². The molecule has 0 atom stereocenters. The van der Waals surface area contributed by atoms with E-state index in [0.717, 1.165) is 36.9 Å². The Labute approximate surface area is 154 Å². The highest BCUT2D eigenvalue weighted by Gasteiger charge is 2.46. The molecular formula is C19H27N5O2. The summed E-state index contributed by atoms with van der Waals surface area (Å²) in [7, 11) is 3.19. The maximum atomic E-state index is 12.4. The maximum Gasteiger partial charge on any atom is 0.410 e. The van der Waals surface area contributed by atoms with Crippen LogP contribution in [0.4, 0.5) is 4.79 Å². The lowest BCUT2D eigenvalue weighted by atomic mass is 9.75. The van der Waals surface area contributed by atoms with E-state index >= 15 is 0 Å². The molecule has 0 aliphatic heterocycles. The third-order valence-corrected chi connectivity index (χ3v) is 5.66. The van der Waals surface area contributed by atoms with Gasteiger partial charge in [-0.05, 0) is 67.5 Å². The summed E-state index contributed by atoms with van der Waals surface area (Å²) >= 11 is 0. The van der Waals surface area contributed by atoms with Crippen molar-refractivity contribution in [3.63, 3.8) is 0 Å². The standard InChI is InChI=1S/C19H27N5O2/c1-13-8-10-19(11-9-13,23(4)18(25)26-5)17-20-21-22-24(17)16-7-6-14(2)12-15(16)3/h6-7,12-13H,8-11H2,1-5H3. The van der Waals surface area contributed by atoms with Gasteiger partial charge in [-0.25, -0.2) is 4.79 Å². The molecule has 1 fully saturated rings. The average Bonchev–Trinajstić information content (AvgIpc) is 3.11. The van der Waals surface area contributed by atoms with Crippen LogP contribution in [-0.4, -0.2) is 45.4 Å². The fraction of sp³-hybridized carbons (Fsp3) is 0.579. The van der Waals surface area contributed by atoms with Crippen molar-refractivity contribution >= 4 is 6.09 Å². The summed E-state index contributed by atoms with van der Waals surface area (Å²) in [5.74, 6) is 1.32. The number of aromatic nitrogens is 4. The van der Waals surface area contributed by atoms with E-state index in [9.17, 15) is 4.79 Å².